The van der Waals surface area contributed by atoms with Gasteiger partial charge in [-0.25, -0.2) is 4.79 Å². The third kappa shape index (κ3) is 6.18. The average Bonchev–Trinajstić information content (AvgIpc) is 3.10. The predicted molar refractivity (Wildman–Crippen MR) is 146 cm³/mol. The molecule has 5 nitrogen and oxygen atoms in total. The highest BCUT2D eigenvalue weighted by Crippen LogP contribution is 2.39. The first-order chi connectivity index (χ1) is 16.3. The number of nitrogens with zero attached hydrogens (tertiary/aromatic N) is 2. The van der Waals surface area contributed by atoms with Gasteiger partial charge in [-0.05, 0) is 52.1 Å². The number of rotatable bonds is 6. The number of carbonyl (C=O) groups is 1. The fourth-order valence-electron chi connectivity index (χ4n) is 5.16. The van der Waals surface area contributed by atoms with Gasteiger partial charge in [-0.2, -0.15) is 0 Å². The van der Waals surface area contributed by atoms with Gasteiger partial charge in [-0.1, -0.05) is 81.5 Å². The molecular formula is C26H35BrN2O3S2. The van der Waals surface area contributed by atoms with Gasteiger partial charge >= 0.3 is 5.97 Å². The Morgan fingerprint density at radius 1 is 1.21 bits per heavy atom. The van der Waals surface area contributed by atoms with Gasteiger partial charge < -0.3 is 19.3 Å². The van der Waals surface area contributed by atoms with Crippen LogP contribution in [0.15, 0.2) is 40.5 Å². The minimum Gasteiger partial charge on any atom is -0.426 e. The number of ether oxygens (including phenoxy) is 2. The summed E-state index contributed by atoms with van der Waals surface area (Å²) in [6, 6.07) is 10.4. The van der Waals surface area contributed by atoms with E-state index in [2.05, 4.69) is 70.8 Å². The van der Waals surface area contributed by atoms with E-state index in [1.54, 1.807) is 11.8 Å². The lowest BCUT2D eigenvalue weighted by atomic mass is 9.75. The van der Waals surface area contributed by atoms with Crippen molar-refractivity contribution in [3.63, 3.8) is 0 Å². The van der Waals surface area contributed by atoms with E-state index in [0.717, 1.165) is 48.4 Å². The lowest BCUT2D eigenvalue weighted by Gasteiger charge is -2.41. The molecule has 0 spiro atoms. The van der Waals surface area contributed by atoms with Crippen LogP contribution in [0.1, 0.15) is 45.6 Å². The summed E-state index contributed by atoms with van der Waals surface area (Å²) in [7, 11) is 0. The summed E-state index contributed by atoms with van der Waals surface area (Å²) in [5, 5.41) is 0. The number of piperazine rings is 1. The second-order valence-corrected chi connectivity index (χ2v) is 12.4. The number of thiocarbonyl (C=S) groups is 1. The molecule has 2 aliphatic heterocycles. The summed E-state index contributed by atoms with van der Waals surface area (Å²) in [6.07, 6.45) is 2.90. The Kier molecular flexibility index (Phi) is 8.99. The van der Waals surface area contributed by atoms with Gasteiger partial charge in [0.1, 0.15) is 14.5 Å². The number of esters is 1. The van der Waals surface area contributed by atoms with E-state index in [1.165, 1.54) is 18.4 Å². The van der Waals surface area contributed by atoms with E-state index < -0.39 is 6.29 Å². The molecule has 1 aliphatic carbocycles. The lowest BCUT2D eigenvalue weighted by molar-refractivity contribution is -0.185. The number of cyclic esters (lactones) is 1. The Morgan fingerprint density at radius 2 is 1.91 bits per heavy atom. The zero-order valence-corrected chi connectivity index (χ0v) is 23.5. The molecule has 0 radical (unpaired) electrons. The van der Waals surface area contributed by atoms with Gasteiger partial charge in [0.05, 0.1) is 6.10 Å². The lowest BCUT2D eigenvalue weighted by Crippen LogP contribution is -2.49. The zero-order chi connectivity index (χ0) is 24.2. The van der Waals surface area contributed by atoms with Crippen molar-refractivity contribution < 1.29 is 14.3 Å². The van der Waals surface area contributed by atoms with Gasteiger partial charge in [0.15, 0.2) is 0 Å². The fraction of sp³-hybridized carbons (Fsp3) is 0.615. The van der Waals surface area contributed by atoms with Crippen molar-refractivity contribution in [1.82, 2.24) is 9.80 Å². The van der Waals surface area contributed by atoms with E-state index in [0.29, 0.717) is 22.2 Å². The summed E-state index contributed by atoms with van der Waals surface area (Å²) in [5.74, 6) is 2.22. The number of carbonyl (C=O) groups excluding carboxylic acids is 1. The smallest absolute Gasteiger partial charge is 0.349 e. The molecule has 1 aromatic rings. The summed E-state index contributed by atoms with van der Waals surface area (Å²) < 4.78 is 13.7. The predicted octanol–water partition coefficient (Wildman–Crippen LogP) is 5.79. The fourth-order valence-corrected chi connectivity index (χ4v) is 6.90. The van der Waals surface area contributed by atoms with Crippen LogP contribution in [0.2, 0.25) is 0 Å². The van der Waals surface area contributed by atoms with Crippen LogP contribution in [0.3, 0.4) is 0 Å². The van der Waals surface area contributed by atoms with Crippen LogP contribution in [-0.4, -0.2) is 58.7 Å². The molecule has 186 valence electrons. The Balaban J connectivity index is 1.36. The molecule has 0 bridgehead atoms. The van der Waals surface area contributed by atoms with E-state index in [1.807, 2.05) is 6.07 Å². The van der Waals surface area contributed by atoms with Crippen molar-refractivity contribution in [2.75, 3.05) is 26.2 Å². The van der Waals surface area contributed by atoms with Crippen molar-refractivity contribution in [3.8, 4) is 0 Å². The Morgan fingerprint density at radius 3 is 2.59 bits per heavy atom. The van der Waals surface area contributed by atoms with Crippen LogP contribution in [-0.2, 0) is 20.0 Å². The maximum Gasteiger partial charge on any atom is 0.349 e. The van der Waals surface area contributed by atoms with Crippen LogP contribution >= 0.6 is 39.9 Å². The molecule has 0 N–H and O–H groups in total. The minimum absolute atomic E-state index is 0.109. The highest BCUT2D eigenvalue weighted by Gasteiger charge is 2.42. The van der Waals surface area contributed by atoms with Gasteiger partial charge in [0.2, 0.25) is 6.29 Å². The third-order valence-electron chi connectivity index (χ3n) is 7.18. The number of halogens is 1. The number of hydrogen-bond donors (Lipinski definition) is 0. The molecule has 2 fully saturated rings. The van der Waals surface area contributed by atoms with Crippen molar-refractivity contribution in [3.05, 3.63) is 46.1 Å². The van der Waals surface area contributed by atoms with Crippen molar-refractivity contribution >= 4 is 50.2 Å². The minimum atomic E-state index is -0.635. The van der Waals surface area contributed by atoms with E-state index in [4.69, 9.17) is 21.7 Å². The zero-order valence-electron chi connectivity index (χ0n) is 20.2. The molecule has 1 aromatic carbocycles. The largest absolute Gasteiger partial charge is 0.426 e. The molecule has 2 heterocycles. The molecule has 0 amide bonds. The molecule has 3 aliphatic rings. The highest BCUT2D eigenvalue weighted by atomic mass is 79.9. The first-order valence-electron chi connectivity index (χ1n) is 12.3. The quantitative estimate of drug-likeness (QED) is 0.319. The number of hydrogen-bond acceptors (Lipinski definition) is 6. The Labute approximate surface area is 221 Å². The van der Waals surface area contributed by atoms with Crippen molar-refractivity contribution in [2.45, 2.75) is 58.2 Å². The maximum atomic E-state index is 12.5. The van der Waals surface area contributed by atoms with E-state index >= 15 is 0 Å². The monoisotopic (exact) mass is 566 g/mol. The van der Waals surface area contributed by atoms with Gasteiger partial charge in [0.25, 0.3) is 0 Å². The van der Waals surface area contributed by atoms with Crippen molar-refractivity contribution in [2.24, 2.45) is 17.8 Å². The van der Waals surface area contributed by atoms with E-state index in [-0.39, 0.29) is 12.1 Å². The Bertz CT molecular complexity index is 903. The topological polar surface area (TPSA) is 42.0 Å². The van der Waals surface area contributed by atoms with Gasteiger partial charge in [-0.3, -0.25) is 0 Å². The molecule has 8 heteroatoms. The maximum absolute atomic E-state index is 12.5. The third-order valence-corrected chi connectivity index (χ3v) is 9.51. The first kappa shape index (κ1) is 26.0. The molecule has 1 saturated carbocycles. The van der Waals surface area contributed by atoms with Crippen LogP contribution in [0.4, 0.5) is 0 Å². The van der Waals surface area contributed by atoms with Crippen LogP contribution in [0.5, 0.6) is 0 Å². The number of thioether (sulfide) groups is 1. The average molecular weight is 568 g/mol. The van der Waals surface area contributed by atoms with Crippen molar-refractivity contribution in [1.29, 1.82) is 0 Å². The summed E-state index contributed by atoms with van der Waals surface area (Å²) in [5.41, 5.74) is 2.12. The Hall–Kier alpha value is -1.09. The standard InChI is InChI=1S/C26H35BrN2O3S2/c1-17(2)20-10-9-18(3)15-21(20)31-25-23(22(27)24(30)32-25)28-11-13-29(14-12-28)26(33)34-16-19-7-5-4-6-8-19/h4-8,17-18,20-21,25H,9-16H2,1-3H3/t18-,20+,21-,25+/m1/s1. The molecule has 0 unspecified atom stereocenters. The molecule has 34 heavy (non-hydrogen) atoms. The molecule has 0 aromatic heterocycles. The number of benzene rings is 1. The summed E-state index contributed by atoms with van der Waals surface area (Å²) >= 11 is 10.9. The second kappa shape index (κ2) is 11.8. The highest BCUT2D eigenvalue weighted by molar-refractivity contribution is 9.12. The van der Waals surface area contributed by atoms with Crippen LogP contribution < -0.4 is 0 Å². The van der Waals surface area contributed by atoms with Gasteiger partial charge in [-0.15, -0.1) is 0 Å². The molecule has 4 atom stereocenters. The molecule has 4 rings (SSSR count). The molecule has 1 saturated heterocycles. The SMILES string of the molecule is CC(C)[C@@H]1CC[C@@H](C)C[C@H]1O[C@H]1OC(=O)C(Br)=C1N1CCN(C(=S)SCc2ccccc2)CC1. The van der Waals surface area contributed by atoms with E-state index in [9.17, 15) is 4.79 Å². The second-order valence-electron chi connectivity index (χ2n) is 9.95. The summed E-state index contributed by atoms with van der Waals surface area (Å²) in [4.78, 5) is 17.0. The summed E-state index contributed by atoms with van der Waals surface area (Å²) in [6.45, 7) is 10.0. The van der Waals surface area contributed by atoms with Crippen LogP contribution in [0.25, 0.3) is 0 Å². The first-order valence-corrected chi connectivity index (χ1v) is 14.5. The van der Waals surface area contributed by atoms with Gasteiger partial charge in [0, 0.05) is 31.9 Å². The molecular weight excluding hydrogens is 532 g/mol. The normalized spacial score (nSPS) is 28.0. The van der Waals surface area contributed by atoms with Crippen LogP contribution in [0, 0.1) is 17.8 Å².